The van der Waals surface area contributed by atoms with E-state index in [1.165, 1.54) is 23.3 Å². The van der Waals surface area contributed by atoms with Crippen LogP contribution in [0.1, 0.15) is 50.7 Å². The molecule has 36 heavy (non-hydrogen) atoms. The maximum absolute atomic E-state index is 14.0. The molecule has 5 heteroatoms. The first-order valence-corrected chi connectivity index (χ1v) is 12.1. The van der Waals surface area contributed by atoms with Gasteiger partial charge in [0.15, 0.2) is 0 Å². The Morgan fingerprint density at radius 3 is 2.31 bits per heavy atom. The molecule has 0 amide bonds. The third-order valence-corrected chi connectivity index (χ3v) is 6.75. The molecule has 2 aromatic heterocycles. The largest absolute Gasteiger partial charge is 0.500 e. The first-order chi connectivity index (χ1) is 16.9. The van der Waals surface area contributed by atoms with Gasteiger partial charge in [-0.15, -0.1) is 18.2 Å². The number of imidazole rings is 1. The first kappa shape index (κ1) is 24.4. The van der Waals surface area contributed by atoms with E-state index in [0.29, 0.717) is 23.0 Å². The van der Waals surface area contributed by atoms with Crippen LogP contribution in [-0.4, -0.2) is 9.55 Å². The third kappa shape index (κ3) is 3.78. The molecule has 0 aliphatic heterocycles. The molecule has 4 aromatic carbocycles. The van der Waals surface area contributed by atoms with Gasteiger partial charge in [-0.25, -0.2) is 4.39 Å². The van der Waals surface area contributed by atoms with Gasteiger partial charge in [0.1, 0.15) is 11.4 Å². The molecule has 183 valence electrons. The van der Waals surface area contributed by atoms with Crippen molar-refractivity contribution in [3.05, 3.63) is 95.8 Å². The fraction of sp³-hybridized carbons (Fsp3) is 0.194. The Labute approximate surface area is 223 Å². The molecule has 0 aliphatic carbocycles. The number of fused-ring (bicyclic) bond motifs is 4. The van der Waals surface area contributed by atoms with Crippen LogP contribution in [0.4, 0.5) is 4.39 Å². The number of hydrogen-bond donors (Lipinski definition) is 0. The van der Waals surface area contributed by atoms with E-state index in [1.807, 2.05) is 30.3 Å². The summed E-state index contributed by atoms with van der Waals surface area (Å²) >= 11 is 0. The fourth-order valence-electron chi connectivity index (χ4n) is 5.07. The predicted octanol–water partition coefficient (Wildman–Crippen LogP) is 8.78. The zero-order chi connectivity index (χ0) is 24.3. The van der Waals surface area contributed by atoms with Gasteiger partial charge in [0.2, 0.25) is 0 Å². The number of benzene rings is 4. The van der Waals surface area contributed by atoms with Crippen molar-refractivity contribution >= 4 is 33.0 Å². The second kappa shape index (κ2) is 9.31. The van der Waals surface area contributed by atoms with Crippen LogP contribution in [0.5, 0.6) is 0 Å². The number of nitrogens with zero attached hydrogens (tertiary/aromatic N) is 2. The minimum Gasteiger partial charge on any atom is -0.500 e. The van der Waals surface area contributed by atoms with E-state index in [1.54, 1.807) is 6.07 Å². The van der Waals surface area contributed by atoms with Crippen LogP contribution in [0.3, 0.4) is 0 Å². The SMILES string of the molecule is CC(C)c1cccc(C(C)C)c1-n1c(-c2[c-]ccc3c2oc2cc(F)ccc23)nc2ccccc21.[Ir]. The molecular weight excluding hydrogens is 628 g/mol. The van der Waals surface area contributed by atoms with E-state index in [0.717, 1.165) is 38.9 Å². The van der Waals surface area contributed by atoms with Crippen LogP contribution >= 0.6 is 0 Å². The molecular formula is C31H26FIrN2O-. The summed E-state index contributed by atoms with van der Waals surface area (Å²) in [4.78, 5) is 5.10. The summed E-state index contributed by atoms with van der Waals surface area (Å²) in [6, 6.07) is 26.7. The van der Waals surface area contributed by atoms with Gasteiger partial charge in [-0.1, -0.05) is 69.0 Å². The summed E-state index contributed by atoms with van der Waals surface area (Å²) < 4.78 is 22.5. The molecule has 6 rings (SSSR count). The van der Waals surface area contributed by atoms with E-state index in [4.69, 9.17) is 9.40 Å². The minimum atomic E-state index is -0.318. The first-order valence-electron chi connectivity index (χ1n) is 12.1. The minimum absolute atomic E-state index is 0. The maximum Gasteiger partial charge on any atom is 0.126 e. The van der Waals surface area contributed by atoms with Crippen molar-refractivity contribution in [1.29, 1.82) is 0 Å². The third-order valence-electron chi connectivity index (χ3n) is 6.75. The Balaban J connectivity index is 0.00000267. The summed E-state index contributed by atoms with van der Waals surface area (Å²) in [6.07, 6.45) is 0. The van der Waals surface area contributed by atoms with E-state index < -0.39 is 0 Å². The van der Waals surface area contributed by atoms with Crippen molar-refractivity contribution in [2.45, 2.75) is 39.5 Å². The molecule has 3 nitrogen and oxygen atoms in total. The average Bonchev–Trinajstić information content (AvgIpc) is 3.41. The smallest absolute Gasteiger partial charge is 0.126 e. The zero-order valence-electron chi connectivity index (χ0n) is 20.6. The van der Waals surface area contributed by atoms with Gasteiger partial charge < -0.3 is 8.98 Å². The Bertz CT molecular complexity index is 1700. The standard InChI is InChI=1S/C31H26FN2O.Ir/c1-18(2)21-9-7-10-22(19(3)4)29(21)34-27-14-6-5-13-26(27)33-31(34)25-12-8-11-24-23-16-15-20(32)17-28(23)35-30(24)25;/h5-11,13-19H,1-4H3;/q-1;. The van der Waals surface area contributed by atoms with Crippen LogP contribution in [0.15, 0.2) is 77.2 Å². The molecule has 0 fully saturated rings. The Kier molecular flexibility index (Phi) is 6.32. The molecule has 6 aromatic rings. The summed E-state index contributed by atoms with van der Waals surface area (Å²) in [7, 11) is 0. The molecule has 2 heterocycles. The Hall–Kier alpha value is -3.27. The molecule has 0 spiro atoms. The van der Waals surface area contributed by atoms with Gasteiger partial charge in [0.25, 0.3) is 0 Å². The number of hydrogen-bond acceptors (Lipinski definition) is 2. The van der Waals surface area contributed by atoms with E-state index >= 15 is 0 Å². The van der Waals surface area contributed by atoms with Crippen LogP contribution in [-0.2, 0) is 20.1 Å². The molecule has 0 saturated carbocycles. The normalized spacial score (nSPS) is 11.8. The van der Waals surface area contributed by atoms with Gasteiger partial charge in [0, 0.05) is 37.2 Å². The molecule has 0 N–H and O–H groups in total. The van der Waals surface area contributed by atoms with Crippen LogP contribution < -0.4 is 0 Å². The summed E-state index contributed by atoms with van der Waals surface area (Å²) in [5.41, 5.74) is 7.58. The molecule has 0 aliphatic rings. The molecule has 0 unspecified atom stereocenters. The van der Waals surface area contributed by atoms with Crippen molar-refractivity contribution in [3.8, 4) is 17.1 Å². The van der Waals surface area contributed by atoms with Gasteiger partial charge in [-0.3, -0.25) is 4.98 Å². The Morgan fingerprint density at radius 2 is 1.58 bits per heavy atom. The number of rotatable bonds is 4. The number of furan rings is 1. The maximum atomic E-state index is 14.0. The van der Waals surface area contributed by atoms with Crippen LogP contribution in [0.2, 0.25) is 0 Å². The van der Waals surface area contributed by atoms with Crippen LogP contribution in [0.25, 0.3) is 50.0 Å². The van der Waals surface area contributed by atoms with Gasteiger partial charge in [-0.05, 0) is 47.2 Å². The molecule has 1 radical (unpaired) electrons. The van der Waals surface area contributed by atoms with Crippen molar-refractivity contribution in [1.82, 2.24) is 9.55 Å². The fourth-order valence-corrected chi connectivity index (χ4v) is 5.07. The number of halogens is 1. The summed E-state index contributed by atoms with van der Waals surface area (Å²) in [5.74, 6) is 1.10. The molecule has 0 bridgehead atoms. The molecule has 0 saturated heterocycles. The van der Waals surface area contributed by atoms with Crippen molar-refractivity contribution in [2.24, 2.45) is 0 Å². The number of para-hydroxylation sites is 3. The van der Waals surface area contributed by atoms with Crippen molar-refractivity contribution in [2.75, 3.05) is 0 Å². The van der Waals surface area contributed by atoms with Gasteiger partial charge >= 0.3 is 0 Å². The predicted molar refractivity (Wildman–Crippen MR) is 141 cm³/mol. The van der Waals surface area contributed by atoms with Gasteiger partial charge in [-0.2, -0.15) is 0 Å². The van der Waals surface area contributed by atoms with Crippen molar-refractivity contribution < 1.29 is 28.9 Å². The van der Waals surface area contributed by atoms with Crippen LogP contribution in [0, 0.1) is 11.9 Å². The summed E-state index contributed by atoms with van der Waals surface area (Å²) in [6.45, 7) is 8.90. The number of aromatic nitrogens is 2. The van der Waals surface area contributed by atoms with E-state index in [9.17, 15) is 4.39 Å². The van der Waals surface area contributed by atoms with Crippen molar-refractivity contribution in [3.63, 3.8) is 0 Å². The monoisotopic (exact) mass is 654 g/mol. The van der Waals surface area contributed by atoms with E-state index in [2.05, 4.69) is 62.6 Å². The second-order valence-corrected chi connectivity index (χ2v) is 9.69. The zero-order valence-corrected chi connectivity index (χ0v) is 23.0. The second-order valence-electron chi connectivity index (χ2n) is 9.69. The average molecular weight is 654 g/mol. The summed E-state index contributed by atoms with van der Waals surface area (Å²) in [5, 5.41) is 1.80. The Morgan fingerprint density at radius 1 is 0.861 bits per heavy atom. The quantitative estimate of drug-likeness (QED) is 0.178. The molecule has 0 atom stereocenters. The topological polar surface area (TPSA) is 31.0 Å². The van der Waals surface area contributed by atoms with E-state index in [-0.39, 0.29) is 25.9 Å². The van der Waals surface area contributed by atoms with Gasteiger partial charge in [0.05, 0.1) is 22.4 Å².